The van der Waals surface area contributed by atoms with Crippen molar-refractivity contribution in [2.45, 2.75) is 40.5 Å². The summed E-state index contributed by atoms with van der Waals surface area (Å²) in [5.41, 5.74) is 3.25. The summed E-state index contributed by atoms with van der Waals surface area (Å²) in [6.45, 7) is 8.46. The second-order valence-electron chi connectivity index (χ2n) is 2.72. The Morgan fingerprint density at radius 3 is 1.82 bits per heavy atom. The van der Waals surface area contributed by atoms with Gasteiger partial charge in [-0.3, -0.25) is 0 Å². The molecule has 1 rings (SSSR count). The molecule has 0 saturated carbocycles. The fourth-order valence-electron chi connectivity index (χ4n) is 1.12. The maximum atomic E-state index is 2.23. The lowest BCUT2D eigenvalue weighted by Gasteiger charge is -2.14. The molecule has 1 aliphatic heterocycles. The molecule has 66 valence electrons. The van der Waals surface area contributed by atoms with Crippen LogP contribution in [0, 0.1) is 0 Å². The Morgan fingerprint density at radius 1 is 1.09 bits per heavy atom. The molecule has 0 unspecified atom stereocenters. The van der Waals surface area contributed by atoms with E-state index in [1.165, 1.54) is 24.3 Å². The van der Waals surface area contributed by atoms with Gasteiger partial charge in [0.15, 0.2) is 0 Å². The Labute approximate surface area is 75.5 Å². The van der Waals surface area contributed by atoms with E-state index in [4.69, 9.17) is 0 Å². The zero-order valence-corrected chi connectivity index (χ0v) is 9.05. The first-order chi connectivity index (χ1) is 5.30. The van der Waals surface area contributed by atoms with E-state index in [-0.39, 0.29) is 0 Å². The highest BCUT2D eigenvalue weighted by Crippen LogP contribution is 2.23. The van der Waals surface area contributed by atoms with Crippen LogP contribution in [0.25, 0.3) is 0 Å². The van der Waals surface area contributed by atoms with E-state index < -0.39 is 0 Å². The van der Waals surface area contributed by atoms with Gasteiger partial charge in [-0.2, -0.15) is 11.8 Å². The normalized spacial score (nSPS) is 16.9. The van der Waals surface area contributed by atoms with E-state index in [9.17, 15) is 0 Å². The summed E-state index contributed by atoms with van der Waals surface area (Å²) in [4.78, 5) is 0. The number of allylic oxidation sites excluding steroid dienone is 2. The van der Waals surface area contributed by atoms with Crippen LogP contribution in [0.3, 0.4) is 0 Å². The van der Waals surface area contributed by atoms with Gasteiger partial charge < -0.3 is 0 Å². The summed E-state index contributed by atoms with van der Waals surface area (Å²) >= 11 is 2.08. The summed E-state index contributed by atoms with van der Waals surface area (Å²) in [5, 5.41) is 0. The molecular formula is C10H20S. The van der Waals surface area contributed by atoms with E-state index in [0.717, 1.165) is 0 Å². The van der Waals surface area contributed by atoms with Crippen molar-refractivity contribution in [3.8, 4) is 0 Å². The molecule has 1 heteroatoms. The molecular weight excluding hydrogens is 152 g/mol. The third-order valence-electron chi connectivity index (χ3n) is 1.80. The van der Waals surface area contributed by atoms with Crippen LogP contribution in [0.15, 0.2) is 11.1 Å². The van der Waals surface area contributed by atoms with Crippen LogP contribution in [-0.4, -0.2) is 11.5 Å². The van der Waals surface area contributed by atoms with Gasteiger partial charge in [0.25, 0.3) is 0 Å². The molecule has 0 atom stereocenters. The number of hydrogen-bond donors (Lipinski definition) is 0. The monoisotopic (exact) mass is 172 g/mol. The van der Waals surface area contributed by atoms with Crippen molar-refractivity contribution >= 4 is 11.8 Å². The molecule has 0 nitrogen and oxygen atoms in total. The van der Waals surface area contributed by atoms with Crippen LogP contribution in [0.5, 0.6) is 0 Å². The molecule has 11 heavy (non-hydrogen) atoms. The first-order valence-electron chi connectivity index (χ1n) is 4.53. The number of rotatable bonds is 0. The van der Waals surface area contributed by atoms with Crippen molar-refractivity contribution in [3.05, 3.63) is 11.1 Å². The van der Waals surface area contributed by atoms with Crippen molar-refractivity contribution in [2.24, 2.45) is 0 Å². The molecule has 1 heterocycles. The van der Waals surface area contributed by atoms with E-state index in [1.54, 1.807) is 11.1 Å². The van der Waals surface area contributed by atoms with Gasteiger partial charge in [-0.05, 0) is 38.2 Å². The van der Waals surface area contributed by atoms with Crippen LogP contribution in [0.4, 0.5) is 0 Å². The Kier molecular flexibility index (Phi) is 6.83. The molecule has 0 bridgehead atoms. The van der Waals surface area contributed by atoms with Crippen molar-refractivity contribution in [2.75, 3.05) is 11.5 Å². The molecule has 1 fully saturated rings. The summed E-state index contributed by atoms with van der Waals surface area (Å²) in [6, 6.07) is 0. The molecule has 0 radical (unpaired) electrons. The number of thioether (sulfide) groups is 1. The first-order valence-corrected chi connectivity index (χ1v) is 5.69. The molecule has 0 aromatic carbocycles. The smallest absolute Gasteiger partial charge is 0.00300 e. The highest BCUT2D eigenvalue weighted by atomic mass is 32.2. The summed E-state index contributed by atoms with van der Waals surface area (Å²) in [7, 11) is 0. The van der Waals surface area contributed by atoms with E-state index in [1.807, 2.05) is 13.8 Å². The molecule has 0 amide bonds. The third-order valence-corrected chi connectivity index (χ3v) is 2.79. The van der Waals surface area contributed by atoms with Crippen LogP contribution in [0.1, 0.15) is 40.5 Å². The van der Waals surface area contributed by atoms with Gasteiger partial charge >= 0.3 is 0 Å². The molecule has 0 N–H and O–H groups in total. The van der Waals surface area contributed by atoms with Crippen LogP contribution in [0.2, 0.25) is 0 Å². The lowest BCUT2D eigenvalue weighted by atomic mass is 10.1. The summed E-state index contributed by atoms with van der Waals surface area (Å²) in [5.74, 6) is 2.70. The highest BCUT2D eigenvalue weighted by molar-refractivity contribution is 7.99. The Morgan fingerprint density at radius 2 is 1.55 bits per heavy atom. The molecule has 0 aliphatic carbocycles. The molecule has 0 spiro atoms. The van der Waals surface area contributed by atoms with Gasteiger partial charge in [-0.1, -0.05) is 25.0 Å². The van der Waals surface area contributed by atoms with Crippen molar-refractivity contribution in [3.63, 3.8) is 0 Å². The summed E-state index contributed by atoms with van der Waals surface area (Å²) < 4.78 is 0. The van der Waals surface area contributed by atoms with Crippen LogP contribution < -0.4 is 0 Å². The minimum Gasteiger partial charge on any atom is -0.161 e. The largest absolute Gasteiger partial charge is 0.161 e. The SMILES string of the molecule is CC.CC(C)=C1CCSCC1. The van der Waals surface area contributed by atoms with Gasteiger partial charge in [0.2, 0.25) is 0 Å². The Hall–Kier alpha value is 0.0900. The van der Waals surface area contributed by atoms with Crippen molar-refractivity contribution in [1.29, 1.82) is 0 Å². The molecule has 1 aliphatic rings. The van der Waals surface area contributed by atoms with Gasteiger partial charge in [0.05, 0.1) is 0 Å². The quantitative estimate of drug-likeness (QED) is 0.500. The Balaban J connectivity index is 0.000000461. The maximum absolute atomic E-state index is 2.23. The van der Waals surface area contributed by atoms with E-state index >= 15 is 0 Å². The zero-order valence-electron chi connectivity index (χ0n) is 8.24. The van der Waals surface area contributed by atoms with Crippen molar-refractivity contribution < 1.29 is 0 Å². The Bertz CT molecular complexity index is 113. The predicted molar refractivity (Wildman–Crippen MR) is 56.3 cm³/mol. The second kappa shape index (κ2) is 6.78. The third kappa shape index (κ3) is 4.52. The lowest BCUT2D eigenvalue weighted by Crippen LogP contribution is -1.99. The van der Waals surface area contributed by atoms with E-state index in [0.29, 0.717) is 0 Å². The molecule has 0 aromatic heterocycles. The van der Waals surface area contributed by atoms with Gasteiger partial charge in [0, 0.05) is 0 Å². The predicted octanol–water partition coefficient (Wildman–Crippen LogP) is 3.88. The van der Waals surface area contributed by atoms with Gasteiger partial charge in [0.1, 0.15) is 0 Å². The van der Waals surface area contributed by atoms with Gasteiger partial charge in [-0.15, -0.1) is 0 Å². The van der Waals surface area contributed by atoms with Crippen molar-refractivity contribution in [1.82, 2.24) is 0 Å². The average Bonchev–Trinajstić information content (AvgIpc) is 2.10. The lowest BCUT2D eigenvalue weighted by molar-refractivity contribution is 0.935. The molecule has 1 saturated heterocycles. The van der Waals surface area contributed by atoms with Crippen LogP contribution >= 0.6 is 11.8 Å². The maximum Gasteiger partial charge on any atom is -0.00300 e. The zero-order chi connectivity index (χ0) is 8.69. The second-order valence-corrected chi connectivity index (χ2v) is 3.94. The topological polar surface area (TPSA) is 0 Å². The summed E-state index contributed by atoms with van der Waals surface area (Å²) in [6.07, 6.45) is 2.68. The fraction of sp³-hybridized carbons (Fsp3) is 0.800. The van der Waals surface area contributed by atoms with Crippen LogP contribution in [-0.2, 0) is 0 Å². The highest BCUT2D eigenvalue weighted by Gasteiger charge is 2.05. The average molecular weight is 172 g/mol. The van der Waals surface area contributed by atoms with Gasteiger partial charge in [-0.25, -0.2) is 0 Å². The number of hydrogen-bond acceptors (Lipinski definition) is 1. The first kappa shape index (κ1) is 11.1. The fourth-order valence-corrected chi connectivity index (χ4v) is 2.10. The minimum absolute atomic E-state index is 1.34. The van der Waals surface area contributed by atoms with E-state index in [2.05, 4.69) is 25.6 Å². The minimum atomic E-state index is 1.34. The standard InChI is InChI=1S/C8H14S.C2H6/c1-7(2)8-3-5-9-6-4-8;1-2/h3-6H2,1-2H3;1-2H3. The molecule has 0 aromatic rings.